The predicted molar refractivity (Wildman–Crippen MR) is 126 cm³/mol. The van der Waals surface area contributed by atoms with Gasteiger partial charge in [-0.15, -0.1) is 0 Å². The van der Waals surface area contributed by atoms with Crippen LogP contribution in [0.1, 0.15) is 48.0 Å². The molecule has 0 amide bonds. The van der Waals surface area contributed by atoms with Gasteiger partial charge in [0.2, 0.25) is 0 Å². The van der Waals surface area contributed by atoms with Crippen LogP contribution in [0.4, 0.5) is 0 Å². The van der Waals surface area contributed by atoms with Gasteiger partial charge < -0.3 is 9.16 Å². The first-order chi connectivity index (χ1) is 14.2. The van der Waals surface area contributed by atoms with Crippen molar-refractivity contribution in [2.75, 3.05) is 6.61 Å². The molecule has 1 aliphatic heterocycles. The second-order valence-electron chi connectivity index (χ2n) is 9.97. The Balaban J connectivity index is 1.95. The monoisotopic (exact) mass is 424 g/mol. The number of hydrogen-bond acceptors (Lipinski definition) is 3. The molecule has 0 saturated carbocycles. The van der Waals surface area contributed by atoms with Gasteiger partial charge in [0.25, 0.3) is 8.32 Å². The molecule has 1 fully saturated rings. The van der Waals surface area contributed by atoms with Crippen molar-refractivity contribution < 1.29 is 14.0 Å². The van der Waals surface area contributed by atoms with Crippen molar-refractivity contribution in [3.63, 3.8) is 0 Å². The lowest BCUT2D eigenvalue weighted by atomic mass is 9.84. The Hall–Kier alpha value is -1.91. The molecule has 162 valence electrons. The second kappa shape index (κ2) is 9.07. The van der Waals surface area contributed by atoms with E-state index in [1.807, 2.05) is 6.92 Å². The Kier molecular flexibility index (Phi) is 6.88. The SMILES string of the molecule is C[C@H]1C[C@H](C)[C@@H]([C@@H](C)CO[Si](c2ccccc2)(c2ccccc2)C(C)(C)C)OC1=O. The highest BCUT2D eigenvalue weighted by Gasteiger charge is 2.50. The smallest absolute Gasteiger partial charge is 0.308 e. The minimum Gasteiger partial charge on any atom is -0.462 e. The molecule has 2 aromatic carbocycles. The first-order valence-electron chi connectivity index (χ1n) is 11.1. The van der Waals surface area contributed by atoms with Crippen LogP contribution < -0.4 is 10.4 Å². The van der Waals surface area contributed by atoms with Gasteiger partial charge in [0.15, 0.2) is 0 Å². The van der Waals surface area contributed by atoms with Crippen LogP contribution in [0.2, 0.25) is 5.04 Å². The van der Waals surface area contributed by atoms with E-state index >= 15 is 0 Å². The van der Waals surface area contributed by atoms with Gasteiger partial charge in [0, 0.05) is 12.5 Å². The average Bonchev–Trinajstić information content (AvgIpc) is 2.71. The second-order valence-corrected chi connectivity index (χ2v) is 14.3. The highest BCUT2D eigenvalue weighted by Crippen LogP contribution is 2.38. The van der Waals surface area contributed by atoms with Crippen molar-refractivity contribution in [2.24, 2.45) is 17.8 Å². The minimum absolute atomic E-state index is 0.0129. The summed E-state index contributed by atoms with van der Waals surface area (Å²) in [6, 6.07) is 21.4. The van der Waals surface area contributed by atoms with E-state index in [0.717, 1.165) is 6.42 Å². The Morgan fingerprint density at radius 1 is 1.00 bits per heavy atom. The third-order valence-corrected chi connectivity index (χ3v) is 11.5. The summed E-state index contributed by atoms with van der Waals surface area (Å²) < 4.78 is 12.9. The van der Waals surface area contributed by atoms with Crippen molar-refractivity contribution >= 4 is 24.7 Å². The minimum atomic E-state index is -2.57. The number of ether oxygens (including phenoxy) is 1. The molecular weight excluding hydrogens is 388 g/mol. The maximum atomic E-state index is 12.2. The predicted octanol–water partition coefficient (Wildman–Crippen LogP) is 4.79. The molecule has 1 saturated heterocycles. The van der Waals surface area contributed by atoms with Crippen molar-refractivity contribution in [1.29, 1.82) is 0 Å². The maximum absolute atomic E-state index is 12.2. The van der Waals surface area contributed by atoms with E-state index in [4.69, 9.17) is 9.16 Å². The molecule has 0 aliphatic carbocycles. The third-order valence-electron chi connectivity index (χ3n) is 6.48. The lowest BCUT2D eigenvalue weighted by molar-refractivity contribution is -0.169. The molecule has 4 atom stereocenters. The van der Waals surface area contributed by atoms with Gasteiger partial charge in [0.05, 0.1) is 5.92 Å². The molecule has 30 heavy (non-hydrogen) atoms. The molecule has 1 aliphatic rings. The van der Waals surface area contributed by atoms with Crippen LogP contribution in [0, 0.1) is 17.8 Å². The van der Waals surface area contributed by atoms with Crippen LogP contribution in [0.15, 0.2) is 60.7 Å². The maximum Gasteiger partial charge on any atom is 0.308 e. The van der Waals surface area contributed by atoms with Crippen LogP contribution in [-0.2, 0) is 14.0 Å². The van der Waals surface area contributed by atoms with Gasteiger partial charge in [-0.1, -0.05) is 102 Å². The van der Waals surface area contributed by atoms with E-state index in [1.165, 1.54) is 10.4 Å². The fourth-order valence-electron chi connectivity index (χ4n) is 4.94. The number of rotatable bonds is 6. The summed E-state index contributed by atoms with van der Waals surface area (Å²) in [5.74, 6) is 0.394. The molecular formula is C26H36O3Si. The molecule has 0 unspecified atom stereocenters. The van der Waals surface area contributed by atoms with Gasteiger partial charge in [-0.2, -0.15) is 0 Å². The summed E-state index contributed by atoms with van der Waals surface area (Å²) in [6.07, 6.45) is 0.791. The number of carbonyl (C=O) groups is 1. The van der Waals surface area contributed by atoms with Crippen LogP contribution in [0.3, 0.4) is 0 Å². The summed E-state index contributed by atoms with van der Waals surface area (Å²) in [7, 11) is -2.57. The summed E-state index contributed by atoms with van der Waals surface area (Å²) in [6.45, 7) is 13.7. The zero-order valence-electron chi connectivity index (χ0n) is 19.2. The topological polar surface area (TPSA) is 35.5 Å². The lowest BCUT2D eigenvalue weighted by Gasteiger charge is -2.44. The standard InChI is InChI=1S/C26H36O3Si/c1-19-17-20(2)25(27)29-24(19)21(3)18-28-30(26(4,5)6,22-13-9-7-10-14-22)23-15-11-8-12-16-23/h7-16,19-21,24H,17-18H2,1-6H3/t19-,20-,21-,24-/m0/s1. The Labute approximate surface area is 182 Å². The fourth-order valence-corrected chi connectivity index (χ4v) is 9.61. The van der Waals surface area contributed by atoms with Crippen molar-refractivity contribution in [1.82, 2.24) is 0 Å². The molecule has 0 radical (unpaired) electrons. The Morgan fingerprint density at radius 3 is 1.97 bits per heavy atom. The van der Waals surface area contributed by atoms with Gasteiger partial charge in [0.1, 0.15) is 6.10 Å². The van der Waals surface area contributed by atoms with E-state index in [9.17, 15) is 4.79 Å². The van der Waals surface area contributed by atoms with E-state index in [1.54, 1.807) is 0 Å². The molecule has 0 bridgehead atoms. The summed E-state index contributed by atoms with van der Waals surface area (Å²) in [4.78, 5) is 12.2. The molecule has 1 heterocycles. The largest absolute Gasteiger partial charge is 0.462 e. The molecule has 0 spiro atoms. The van der Waals surface area contributed by atoms with Crippen LogP contribution in [-0.4, -0.2) is 27.0 Å². The normalized spacial score (nSPS) is 23.7. The Morgan fingerprint density at radius 2 is 1.50 bits per heavy atom. The first kappa shape index (κ1) is 22.8. The van der Waals surface area contributed by atoms with Crippen molar-refractivity contribution in [3.05, 3.63) is 60.7 Å². The van der Waals surface area contributed by atoms with Gasteiger partial charge in [-0.3, -0.25) is 4.79 Å². The van der Waals surface area contributed by atoms with E-state index in [2.05, 4.69) is 95.3 Å². The summed E-state index contributed by atoms with van der Waals surface area (Å²) in [5.41, 5.74) is 0. The van der Waals surface area contributed by atoms with Crippen molar-refractivity contribution in [3.8, 4) is 0 Å². The number of esters is 1. The number of benzene rings is 2. The molecule has 2 aromatic rings. The summed E-state index contributed by atoms with van der Waals surface area (Å²) >= 11 is 0. The third kappa shape index (κ3) is 4.40. The quantitative estimate of drug-likeness (QED) is 0.494. The molecule has 0 N–H and O–H groups in total. The Bertz CT molecular complexity index is 789. The molecule has 0 aromatic heterocycles. The van der Waals surface area contributed by atoms with E-state index in [0.29, 0.717) is 12.5 Å². The zero-order valence-corrected chi connectivity index (χ0v) is 20.2. The van der Waals surface area contributed by atoms with Gasteiger partial charge >= 0.3 is 5.97 Å². The molecule has 3 nitrogen and oxygen atoms in total. The van der Waals surface area contributed by atoms with Crippen molar-refractivity contribution in [2.45, 2.75) is 59.1 Å². The molecule has 4 heteroatoms. The number of hydrogen-bond donors (Lipinski definition) is 0. The van der Waals surface area contributed by atoms with Gasteiger partial charge in [-0.25, -0.2) is 0 Å². The van der Waals surface area contributed by atoms with Crippen LogP contribution in [0.5, 0.6) is 0 Å². The highest BCUT2D eigenvalue weighted by molar-refractivity contribution is 6.99. The highest BCUT2D eigenvalue weighted by atomic mass is 28.4. The van der Waals surface area contributed by atoms with E-state index < -0.39 is 8.32 Å². The number of carbonyl (C=O) groups excluding carboxylic acids is 1. The van der Waals surface area contributed by atoms with Crippen LogP contribution >= 0.6 is 0 Å². The first-order valence-corrected chi connectivity index (χ1v) is 13.0. The fraction of sp³-hybridized carbons (Fsp3) is 0.500. The molecule has 3 rings (SSSR count). The van der Waals surface area contributed by atoms with Gasteiger partial charge in [-0.05, 0) is 27.8 Å². The number of cyclic esters (lactones) is 1. The van der Waals surface area contributed by atoms with E-state index in [-0.39, 0.29) is 28.9 Å². The summed E-state index contributed by atoms with van der Waals surface area (Å²) in [5, 5.41) is 2.50. The average molecular weight is 425 g/mol. The zero-order chi connectivity index (χ0) is 21.9. The lowest BCUT2D eigenvalue weighted by Crippen LogP contribution is -2.67. The van der Waals surface area contributed by atoms with Crippen LogP contribution in [0.25, 0.3) is 0 Å².